The molecule has 1 aliphatic carbocycles. The molecule has 0 bridgehead atoms. The summed E-state index contributed by atoms with van der Waals surface area (Å²) in [4.78, 5) is 4.15. The van der Waals surface area contributed by atoms with Crippen LogP contribution in [0.25, 0.3) is 11.4 Å². The predicted molar refractivity (Wildman–Crippen MR) is 81.7 cm³/mol. The lowest BCUT2D eigenvalue weighted by Crippen LogP contribution is -2.43. The molecule has 1 saturated carbocycles. The van der Waals surface area contributed by atoms with Gasteiger partial charge in [0, 0.05) is 31.2 Å². The van der Waals surface area contributed by atoms with E-state index in [0.29, 0.717) is 5.41 Å². The number of nitrogens with one attached hydrogen (secondary N) is 2. The summed E-state index contributed by atoms with van der Waals surface area (Å²) in [5.74, 6) is 0.808. The molecule has 0 atom stereocenters. The Morgan fingerprint density at radius 3 is 2.67 bits per heavy atom. The molecule has 0 spiro atoms. The largest absolute Gasteiger partial charge is 0.384 e. The number of H-pyrrole nitrogens is 1. The van der Waals surface area contributed by atoms with Crippen molar-refractivity contribution in [2.24, 2.45) is 5.41 Å². The molecule has 2 N–H and O–H groups in total. The first-order valence-electron chi connectivity index (χ1n) is 7.46. The number of benzene rings is 1. The van der Waals surface area contributed by atoms with Crippen LogP contribution in [0.15, 0.2) is 30.6 Å². The van der Waals surface area contributed by atoms with E-state index in [4.69, 9.17) is 4.74 Å². The van der Waals surface area contributed by atoms with Crippen LogP contribution in [0.3, 0.4) is 0 Å². The highest BCUT2D eigenvalue weighted by molar-refractivity contribution is 5.54. The average Bonchev–Trinajstić information content (AvgIpc) is 2.99. The molecular formula is C16H22N4O. The van der Waals surface area contributed by atoms with Gasteiger partial charge in [-0.25, -0.2) is 4.98 Å². The lowest BCUT2D eigenvalue weighted by atomic mass is 9.69. The molecule has 0 amide bonds. The number of hydrogen-bond donors (Lipinski definition) is 2. The zero-order chi connectivity index (χ0) is 14.5. The third-order valence-electron chi connectivity index (χ3n) is 4.34. The Bertz CT molecular complexity index is 546. The number of hydrogen-bond acceptors (Lipinski definition) is 4. The molecule has 1 aromatic carbocycles. The Balaban J connectivity index is 1.52. The van der Waals surface area contributed by atoms with Crippen LogP contribution in [-0.4, -0.2) is 35.4 Å². The zero-order valence-electron chi connectivity index (χ0n) is 12.4. The molecule has 1 heterocycles. The lowest BCUT2D eigenvalue weighted by Gasteiger charge is -2.41. The number of nitrogens with zero attached hydrogens (tertiary/aromatic N) is 2. The summed E-state index contributed by atoms with van der Waals surface area (Å²) < 4.78 is 5.35. The van der Waals surface area contributed by atoms with Crippen molar-refractivity contribution < 1.29 is 4.74 Å². The Hall–Kier alpha value is -1.72. The summed E-state index contributed by atoms with van der Waals surface area (Å²) in [6.07, 6.45) is 5.41. The first-order chi connectivity index (χ1) is 10.3. The van der Waals surface area contributed by atoms with Crippen LogP contribution in [-0.2, 0) is 11.3 Å². The van der Waals surface area contributed by atoms with Crippen molar-refractivity contribution in [3.05, 3.63) is 36.2 Å². The van der Waals surface area contributed by atoms with Crippen LogP contribution in [0.5, 0.6) is 0 Å². The molecule has 0 unspecified atom stereocenters. The van der Waals surface area contributed by atoms with Crippen LogP contribution in [0.1, 0.15) is 24.8 Å². The molecule has 0 aliphatic heterocycles. The second-order valence-corrected chi connectivity index (χ2v) is 5.92. The van der Waals surface area contributed by atoms with E-state index in [2.05, 4.69) is 44.8 Å². The van der Waals surface area contributed by atoms with Gasteiger partial charge in [0.25, 0.3) is 0 Å². The van der Waals surface area contributed by atoms with Crippen molar-refractivity contribution in [2.45, 2.75) is 25.8 Å². The van der Waals surface area contributed by atoms with Crippen molar-refractivity contribution in [3.63, 3.8) is 0 Å². The van der Waals surface area contributed by atoms with E-state index in [1.54, 1.807) is 7.11 Å². The van der Waals surface area contributed by atoms with Gasteiger partial charge in [0.15, 0.2) is 5.82 Å². The quantitative estimate of drug-likeness (QED) is 0.820. The first kappa shape index (κ1) is 14.2. The van der Waals surface area contributed by atoms with Crippen molar-refractivity contribution in [3.8, 4) is 11.4 Å². The van der Waals surface area contributed by atoms with E-state index in [-0.39, 0.29) is 0 Å². The van der Waals surface area contributed by atoms with Gasteiger partial charge in [0.05, 0.1) is 6.61 Å². The van der Waals surface area contributed by atoms with Gasteiger partial charge in [0.1, 0.15) is 6.33 Å². The predicted octanol–water partition coefficient (Wildman–Crippen LogP) is 2.38. The summed E-state index contributed by atoms with van der Waals surface area (Å²) in [6.45, 7) is 2.79. The number of ether oxygens (including phenoxy) is 1. The van der Waals surface area contributed by atoms with Crippen molar-refractivity contribution >= 4 is 0 Å². The monoisotopic (exact) mass is 286 g/mol. The molecule has 0 radical (unpaired) electrons. The molecule has 3 rings (SSSR count). The maximum Gasteiger partial charge on any atom is 0.155 e. The molecule has 21 heavy (non-hydrogen) atoms. The second kappa shape index (κ2) is 6.37. The van der Waals surface area contributed by atoms with E-state index in [0.717, 1.165) is 31.1 Å². The Morgan fingerprint density at radius 2 is 2.10 bits per heavy atom. The van der Waals surface area contributed by atoms with Gasteiger partial charge in [-0.1, -0.05) is 30.7 Å². The van der Waals surface area contributed by atoms with Gasteiger partial charge in [-0.3, -0.25) is 5.10 Å². The number of methoxy groups -OCH3 is 1. The van der Waals surface area contributed by atoms with Crippen LogP contribution >= 0.6 is 0 Å². The fourth-order valence-electron chi connectivity index (χ4n) is 2.95. The van der Waals surface area contributed by atoms with Gasteiger partial charge in [-0.15, -0.1) is 0 Å². The summed E-state index contributed by atoms with van der Waals surface area (Å²) in [5, 5.41) is 10.3. The number of rotatable bonds is 7. The fraction of sp³-hybridized carbons (Fsp3) is 0.500. The minimum atomic E-state index is 0.370. The van der Waals surface area contributed by atoms with Crippen LogP contribution < -0.4 is 5.32 Å². The molecule has 5 nitrogen and oxygen atoms in total. The standard InChI is InChI=1S/C16H22N4O/c1-21-11-16(7-2-8-16)10-17-9-13-3-5-14(6-4-13)15-18-12-19-20-15/h3-6,12,17H,2,7-11H2,1H3,(H,18,19,20). The Morgan fingerprint density at radius 1 is 1.29 bits per heavy atom. The van der Waals surface area contributed by atoms with Gasteiger partial charge >= 0.3 is 0 Å². The smallest absolute Gasteiger partial charge is 0.155 e. The summed E-state index contributed by atoms with van der Waals surface area (Å²) >= 11 is 0. The molecule has 2 aromatic rings. The highest BCUT2D eigenvalue weighted by Crippen LogP contribution is 2.40. The molecule has 1 aromatic heterocycles. The second-order valence-electron chi connectivity index (χ2n) is 5.92. The van der Waals surface area contributed by atoms with Crippen molar-refractivity contribution in [1.29, 1.82) is 0 Å². The highest BCUT2D eigenvalue weighted by Gasteiger charge is 2.36. The van der Waals surface area contributed by atoms with Gasteiger partial charge in [-0.2, -0.15) is 5.10 Å². The summed E-state index contributed by atoms with van der Waals surface area (Å²) in [5.41, 5.74) is 2.71. The first-order valence-corrected chi connectivity index (χ1v) is 7.46. The normalized spacial score (nSPS) is 16.6. The topological polar surface area (TPSA) is 62.8 Å². The molecule has 0 saturated heterocycles. The van der Waals surface area contributed by atoms with E-state index in [9.17, 15) is 0 Å². The molecule has 5 heteroatoms. The third kappa shape index (κ3) is 3.31. The maximum absolute atomic E-state index is 5.35. The van der Waals surface area contributed by atoms with Gasteiger partial charge in [-0.05, 0) is 18.4 Å². The van der Waals surface area contributed by atoms with Crippen LogP contribution in [0.2, 0.25) is 0 Å². The number of aromatic nitrogens is 3. The zero-order valence-corrected chi connectivity index (χ0v) is 12.4. The fourth-order valence-corrected chi connectivity index (χ4v) is 2.95. The molecule has 1 fully saturated rings. The lowest BCUT2D eigenvalue weighted by molar-refractivity contribution is 0.0177. The average molecular weight is 286 g/mol. The molecule has 1 aliphatic rings. The van der Waals surface area contributed by atoms with Gasteiger partial charge < -0.3 is 10.1 Å². The van der Waals surface area contributed by atoms with Crippen molar-refractivity contribution in [2.75, 3.05) is 20.3 Å². The van der Waals surface area contributed by atoms with E-state index in [1.807, 2.05) is 0 Å². The Kier molecular flexibility index (Phi) is 4.31. The van der Waals surface area contributed by atoms with Crippen LogP contribution in [0, 0.1) is 5.41 Å². The SMILES string of the molecule is COCC1(CNCc2ccc(-c3ncn[nH]3)cc2)CCC1. The minimum absolute atomic E-state index is 0.370. The van der Waals surface area contributed by atoms with E-state index in [1.165, 1.54) is 31.2 Å². The van der Waals surface area contributed by atoms with E-state index >= 15 is 0 Å². The molecule has 112 valence electrons. The molecular weight excluding hydrogens is 264 g/mol. The Labute approximate surface area is 125 Å². The van der Waals surface area contributed by atoms with Crippen molar-refractivity contribution in [1.82, 2.24) is 20.5 Å². The number of aromatic amines is 1. The summed E-state index contributed by atoms with van der Waals surface area (Å²) in [6, 6.07) is 8.42. The summed E-state index contributed by atoms with van der Waals surface area (Å²) in [7, 11) is 1.79. The minimum Gasteiger partial charge on any atom is -0.384 e. The van der Waals surface area contributed by atoms with Gasteiger partial charge in [0.2, 0.25) is 0 Å². The maximum atomic E-state index is 5.35. The third-order valence-corrected chi connectivity index (χ3v) is 4.34. The van der Waals surface area contributed by atoms with E-state index < -0.39 is 0 Å². The van der Waals surface area contributed by atoms with Crippen LogP contribution in [0.4, 0.5) is 0 Å². The highest BCUT2D eigenvalue weighted by atomic mass is 16.5.